The zero-order valence-corrected chi connectivity index (χ0v) is 14.7. The lowest BCUT2D eigenvalue weighted by atomic mass is 9.83. The predicted octanol–water partition coefficient (Wildman–Crippen LogP) is 3.88. The molecule has 0 bridgehead atoms. The number of rotatable bonds is 5. The molecule has 0 spiro atoms. The van der Waals surface area contributed by atoms with E-state index in [1.807, 2.05) is 25.1 Å². The van der Waals surface area contributed by atoms with Gasteiger partial charge < -0.3 is 10.0 Å². The van der Waals surface area contributed by atoms with Gasteiger partial charge in [-0.1, -0.05) is 35.3 Å². The number of nitrogens with zero attached hydrogens (tertiary/aromatic N) is 2. The molecule has 0 saturated carbocycles. The van der Waals surface area contributed by atoms with E-state index in [4.69, 9.17) is 23.2 Å². The van der Waals surface area contributed by atoms with Crippen LogP contribution in [0.2, 0.25) is 10.0 Å². The molecule has 1 N–H and O–H groups in total. The Kier molecular flexibility index (Phi) is 6.22. The summed E-state index contributed by atoms with van der Waals surface area (Å²) in [5, 5.41) is 11.1. The number of allylic oxidation sites excluding steroid dienone is 2. The lowest BCUT2D eigenvalue weighted by Crippen LogP contribution is -2.20. The van der Waals surface area contributed by atoms with Gasteiger partial charge in [0.25, 0.3) is 0 Å². The Morgan fingerprint density at radius 3 is 2.74 bits per heavy atom. The zero-order chi connectivity index (χ0) is 17.0. The highest BCUT2D eigenvalue weighted by Gasteiger charge is 2.29. The largest absolute Gasteiger partial charge is 0.511 e. The second kappa shape index (κ2) is 7.95. The van der Waals surface area contributed by atoms with Crippen LogP contribution in [0.3, 0.4) is 0 Å². The molecule has 1 atom stereocenters. The smallest absolute Gasteiger partial charge is 0.168 e. The maximum absolute atomic E-state index is 12.3. The number of hydrogen-bond acceptors (Lipinski definition) is 4. The van der Waals surface area contributed by atoms with Crippen molar-refractivity contribution in [2.75, 3.05) is 27.2 Å². The van der Waals surface area contributed by atoms with Crippen LogP contribution in [-0.2, 0) is 4.79 Å². The van der Waals surface area contributed by atoms with Gasteiger partial charge in [0.1, 0.15) is 5.76 Å². The van der Waals surface area contributed by atoms with E-state index < -0.39 is 0 Å². The van der Waals surface area contributed by atoms with E-state index in [0.717, 1.165) is 12.1 Å². The lowest BCUT2D eigenvalue weighted by molar-refractivity contribution is -0.116. The molecule has 6 heteroatoms. The molecule has 2 rings (SSSR count). The average Bonchev–Trinajstić information content (AvgIpc) is 2.48. The summed E-state index contributed by atoms with van der Waals surface area (Å²) in [4.78, 5) is 18.5. The van der Waals surface area contributed by atoms with Crippen molar-refractivity contribution in [2.45, 2.75) is 18.8 Å². The summed E-state index contributed by atoms with van der Waals surface area (Å²) in [6.07, 6.45) is 2.14. The minimum absolute atomic E-state index is 0.0656. The van der Waals surface area contributed by atoms with Gasteiger partial charge in [-0.05, 0) is 31.6 Å². The highest BCUT2D eigenvalue weighted by molar-refractivity contribution is 6.42. The van der Waals surface area contributed by atoms with Crippen LogP contribution in [0, 0.1) is 0 Å². The molecule has 0 aromatic heterocycles. The van der Waals surface area contributed by atoms with Crippen molar-refractivity contribution in [1.82, 2.24) is 4.90 Å². The van der Waals surface area contributed by atoms with Crippen molar-refractivity contribution >= 4 is 35.2 Å². The SMILES string of the molecule is CN(C)CCN=CC1=C(O)CC(c2cccc(Cl)c2Cl)CC1=O. The van der Waals surface area contributed by atoms with Gasteiger partial charge in [-0.3, -0.25) is 9.79 Å². The van der Waals surface area contributed by atoms with Crippen LogP contribution in [0.25, 0.3) is 0 Å². The predicted molar refractivity (Wildman–Crippen MR) is 95.0 cm³/mol. The van der Waals surface area contributed by atoms with Crippen LogP contribution >= 0.6 is 23.2 Å². The standard InChI is InChI=1S/C17H20Cl2N2O2/c1-21(2)7-6-20-10-13-15(22)8-11(9-16(13)23)12-4-3-5-14(18)17(12)19/h3-5,10-11,22H,6-9H2,1-2H3. The van der Waals surface area contributed by atoms with Crippen LogP contribution in [0.5, 0.6) is 0 Å². The molecule has 124 valence electrons. The second-order valence-corrected chi connectivity index (χ2v) is 6.66. The number of likely N-dealkylation sites (N-methyl/N-ethyl adjacent to an activating group) is 1. The molecule has 4 nitrogen and oxygen atoms in total. The Morgan fingerprint density at radius 1 is 1.35 bits per heavy atom. The van der Waals surface area contributed by atoms with E-state index in [-0.39, 0.29) is 17.5 Å². The number of carbonyl (C=O) groups is 1. The Balaban J connectivity index is 2.15. The van der Waals surface area contributed by atoms with E-state index in [2.05, 4.69) is 4.99 Å². The Hall–Kier alpha value is -1.36. The summed E-state index contributed by atoms with van der Waals surface area (Å²) in [5.41, 5.74) is 1.10. The maximum atomic E-state index is 12.3. The summed E-state index contributed by atoms with van der Waals surface area (Å²) >= 11 is 12.2. The normalized spacial score (nSPS) is 19.2. The maximum Gasteiger partial charge on any atom is 0.168 e. The van der Waals surface area contributed by atoms with Crippen molar-refractivity contribution < 1.29 is 9.90 Å². The summed E-state index contributed by atoms with van der Waals surface area (Å²) in [6.45, 7) is 1.38. The van der Waals surface area contributed by atoms with Gasteiger partial charge in [-0.15, -0.1) is 0 Å². The van der Waals surface area contributed by atoms with Gasteiger partial charge in [0.2, 0.25) is 0 Å². The highest BCUT2D eigenvalue weighted by Crippen LogP contribution is 2.38. The molecule has 1 unspecified atom stereocenters. The quantitative estimate of drug-likeness (QED) is 0.816. The summed E-state index contributed by atoms with van der Waals surface area (Å²) < 4.78 is 0. The van der Waals surface area contributed by atoms with Crippen molar-refractivity contribution in [3.8, 4) is 0 Å². The topological polar surface area (TPSA) is 52.9 Å². The second-order valence-electron chi connectivity index (χ2n) is 5.87. The zero-order valence-electron chi connectivity index (χ0n) is 13.2. The fourth-order valence-electron chi connectivity index (χ4n) is 2.53. The van der Waals surface area contributed by atoms with E-state index in [1.165, 1.54) is 6.21 Å². The molecule has 1 aromatic rings. The molecule has 0 amide bonds. The number of carbonyl (C=O) groups excluding carboxylic acids is 1. The first-order chi connectivity index (χ1) is 10.9. The number of aliphatic imine (C=N–C) groups is 1. The van der Waals surface area contributed by atoms with E-state index >= 15 is 0 Å². The molecule has 1 aliphatic carbocycles. The molecule has 1 aliphatic rings. The van der Waals surface area contributed by atoms with E-state index in [0.29, 0.717) is 35.0 Å². The molecular weight excluding hydrogens is 335 g/mol. The van der Waals surface area contributed by atoms with Gasteiger partial charge in [0.15, 0.2) is 5.78 Å². The molecule has 1 aromatic carbocycles. The highest BCUT2D eigenvalue weighted by atomic mass is 35.5. The Bertz CT molecular complexity index is 654. The van der Waals surface area contributed by atoms with Crippen LogP contribution in [0.1, 0.15) is 24.3 Å². The first-order valence-electron chi connectivity index (χ1n) is 7.44. The molecule has 0 fully saturated rings. The fraction of sp³-hybridized carbons (Fsp3) is 0.412. The number of ketones is 1. The van der Waals surface area contributed by atoms with Gasteiger partial charge >= 0.3 is 0 Å². The van der Waals surface area contributed by atoms with Crippen LogP contribution in [-0.4, -0.2) is 49.2 Å². The summed E-state index contributed by atoms with van der Waals surface area (Å²) in [5.74, 6) is -0.216. The Morgan fingerprint density at radius 2 is 2.09 bits per heavy atom. The monoisotopic (exact) mass is 354 g/mol. The summed E-state index contributed by atoms with van der Waals surface area (Å²) in [7, 11) is 3.91. The Labute approximate surface area is 146 Å². The van der Waals surface area contributed by atoms with E-state index in [9.17, 15) is 9.90 Å². The summed E-state index contributed by atoms with van der Waals surface area (Å²) in [6, 6.07) is 5.35. The van der Waals surface area contributed by atoms with Crippen molar-refractivity contribution in [3.05, 3.63) is 45.1 Å². The third-order valence-electron chi connectivity index (χ3n) is 3.80. The fourth-order valence-corrected chi connectivity index (χ4v) is 2.99. The van der Waals surface area contributed by atoms with Crippen LogP contribution < -0.4 is 0 Å². The average molecular weight is 355 g/mol. The van der Waals surface area contributed by atoms with Gasteiger partial charge in [0.05, 0.1) is 22.2 Å². The lowest BCUT2D eigenvalue weighted by Gasteiger charge is -2.23. The van der Waals surface area contributed by atoms with Crippen LogP contribution in [0.15, 0.2) is 34.5 Å². The van der Waals surface area contributed by atoms with Crippen molar-refractivity contribution in [3.63, 3.8) is 0 Å². The molecule has 0 radical (unpaired) electrons. The van der Waals surface area contributed by atoms with Gasteiger partial charge in [-0.2, -0.15) is 0 Å². The van der Waals surface area contributed by atoms with E-state index in [1.54, 1.807) is 12.1 Å². The molecule has 0 saturated heterocycles. The minimum Gasteiger partial charge on any atom is -0.511 e. The van der Waals surface area contributed by atoms with Gasteiger partial charge in [-0.25, -0.2) is 0 Å². The minimum atomic E-state index is -0.160. The number of halogens is 2. The number of hydrogen-bond donors (Lipinski definition) is 1. The van der Waals surface area contributed by atoms with Crippen molar-refractivity contribution in [1.29, 1.82) is 0 Å². The molecular formula is C17H20Cl2N2O2. The number of Topliss-reactive ketones (excluding diaryl/α,β-unsaturated/α-hetero) is 1. The molecule has 0 aliphatic heterocycles. The van der Waals surface area contributed by atoms with Crippen LogP contribution in [0.4, 0.5) is 0 Å². The van der Waals surface area contributed by atoms with Crippen molar-refractivity contribution in [2.24, 2.45) is 4.99 Å². The number of benzene rings is 1. The molecule has 0 heterocycles. The molecule has 23 heavy (non-hydrogen) atoms. The van der Waals surface area contributed by atoms with Gasteiger partial charge in [0, 0.05) is 25.6 Å². The first kappa shape index (κ1) is 18.0. The number of aliphatic hydroxyl groups excluding tert-OH is 1. The third kappa shape index (κ3) is 4.56. The first-order valence-corrected chi connectivity index (χ1v) is 8.19. The third-order valence-corrected chi connectivity index (χ3v) is 4.63. The number of aliphatic hydroxyl groups is 1.